The minimum Gasteiger partial charge on any atom is -0.489 e. The molecule has 4 aromatic rings. The summed E-state index contributed by atoms with van der Waals surface area (Å²) in [5.74, 6) is -0.806. The van der Waals surface area contributed by atoms with Crippen molar-refractivity contribution >= 4 is 55.0 Å². The van der Waals surface area contributed by atoms with Crippen molar-refractivity contribution in [3.05, 3.63) is 28.8 Å². The number of aromatic nitrogens is 3. The number of alkyl halides is 1. The van der Waals surface area contributed by atoms with Gasteiger partial charge in [-0.3, -0.25) is 4.90 Å². The zero-order chi connectivity index (χ0) is 31.2. The van der Waals surface area contributed by atoms with Crippen molar-refractivity contribution in [3.63, 3.8) is 0 Å². The fourth-order valence-corrected chi connectivity index (χ4v) is 8.93. The zero-order valence-corrected chi connectivity index (χ0v) is 26.2. The molecule has 238 valence electrons. The molecule has 2 aromatic heterocycles. The Balaban J connectivity index is 1.34. The average molecular weight is 661 g/mol. The van der Waals surface area contributed by atoms with Crippen LogP contribution < -0.4 is 20.1 Å². The van der Waals surface area contributed by atoms with E-state index in [1.165, 1.54) is 12.1 Å². The van der Waals surface area contributed by atoms with E-state index in [1.54, 1.807) is 6.92 Å². The molecule has 0 amide bonds. The number of benzene rings is 2. The number of hydrogen-bond acceptors (Lipinski definition) is 10. The number of ether oxygens (including phenoxy) is 2. The lowest BCUT2D eigenvalue weighted by molar-refractivity contribution is 0.0114. The normalized spacial score (nSPS) is 28.2. The summed E-state index contributed by atoms with van der Waals surface area (Å²) in [5.41, 5.74) is 4.56. The molecule has 4 aliphatic heterocycles. The molecule has 0 saturated carbocycles. The van der Waals surface area contributed by atoms with E-state index in [1.807, 2.05) is 4.90 Å². The van der Waals surface area contributed by atoms with Crippen molar-refractivity contribution in [1.29, 1.82) is 0 Å². The monoisotopic (exact) mass is 660 g/mol. The Hall–Kier alpha value is -3.13. The SMILES string of the molecule is CC1(O)CCCCN2c3nc(OC[C@@]45CCCN4C[C@H](F)C5)nc4c(F)c(-c5ccc(F)c6sc(N)nc56)c(Cl)c(c34)OCC21. The van der Waals surface area contributed by atoms with E-state index in [2.05, 4.69) is 14.9 Å². The van der Waals surface area contributed by atoms with Gasteiger partial charge in [0.15, 0.2) is 16.7 Å². The number of rotatable bonds is 4. The summed E-state index contributed by atoms with van der Waals surface area (Å²) in [6.45, 7) is 3.67. The van der Waals surface area contributed by atoms with Gasteiger partial charge < -0.3 is 25.2 Å². The highest BCUT2D eigenvalue weighted by molar-refractivity contribution is 7.22. The molecule has 6 heterocycles. The Labute approximate surface area is 266 Å². The van der Waals surface area contributed by atoms with Crippen LogP contribution in [0.15, 0.2) is 12.1 Å². The van der Waals surface area contributed by atoms with Crippen LogP contribution in [0, 0.1) is 11.6 Å². The quantitative estimate of drug-likeness (QED) is 0.277. The summed E-state index contributed by atoms with van der Waals surface area (Å²) >= 11 is 7.95. The average Bonchev–Trinajstić information content (AvgIpc) is 3.59. The predicted octanol–water partition coefficient (Wildman–Crippen LogP) is 5.88. The van der Waals surface area contributed by atoms with Gasteiger partial charge in [-0.15, -0.1) is 0 Å². The molecule has 3 N–H and O–H groups in total. The van der Waals surface area contributed by atoms with Gasteiger partial charge in [0.05, 0.1) is 37.8 Å². The smallest absolute Gasteiger partial charge is 0.319 e. The summed E-state index contributed by atoms with van der Waals surface area (Å²) in [4.78, 5) is 17.7. The molecule has 45 heavy (non-hydrogen) atoms. The number of halogens is 4. The maximum Gasteiger partial charge on any atom is 0.319 e. The van der Waals surface area contributed by atoms with Gasteiger partial charge >= 0.3 is 6.01 Å². The van der Waals surface area contributed by atoms with Crippen LogP contribution in [-0.2, 0) is 0 Å². The molecular weight excluding hydrogens is 629 g/mol. The minimum absolute atomic E-state index is 0.0456. The maximum absolute atomic E-state index is 17.0. The standard InChI is InChI=1S/C31H32ClF3N6O3S/c1-30(42)7-2-3-10-41-18(30)13-43-25-20-24(22(35)19(21(25)32)16-5-6-17(34)26-23(16)37-28(36)45-26)38-29(39-27(20)41)44-14-31-8-4-9-40(31)12-15(33)11-31/h5-6,15,18,42H,2-4,7-14H2,1H3,(H2,36,37)/t15-,18?,30?,31+/m1/s1. The number of aliphatic hydroxyl groups is 1. The molecule has 8 rings (SSSR count). The zero-order valence-electron chi connectivity index (χ0n) is 24.6. The Morgan fingerprint density at radius 3 is 2.84 bits per heavy atom. The Bertz CT molecular complexity index is 1860. The van der Waals surface area contributed by atoms with Gasteiger partial charge in [-0.1, -0.05) is 22.9 Å². The third-order valence-electron chi connectivity index (χ3n) is 10.0. The van der Waals surface area contributed by atoms with E-state index in [0.29, 0.717) is 31.7 Å². The number of thiazole rings is 1. The van der Waals surface area contributed by atoms with E-state index >= 15 is 4.39 Å². The van der Waals surface area contributed by atoms with E-state index < -0.39 is 35.0 Å². The molecular formula is C31H32ClF3N6O3S. The van der Waals surface area contributed by atoms with Gasteiger partial charge in [0.25, 0.3) is 0 Å². The summed E-state index contributed by atoms with van der Waals surface area (Å²) in [6, 6.07) is 2.05. The molecule has 9 nitrogen and oxygen atoms in total. The molecule has 0 spiro atoms. The lowest BCUT2D eigenvalue weighted by atomic mass is 9.92. The van der Waals surface area contributed by atoms with Crippen LogP contribution in [0.4, 0.5) is 24.1 Å². The number of nitrogen functional groups attached to an aromatic ring is 1. The highest BCUT2D eigenvalue weighted by Crippen LogP contribution is 2.51. The molecule has 4 aliphatic rings. The number of nitrogens with two attached hydrogens (primary N) is 1. The molecule has 4 atom stereocenters. The van der Waals surface area contributed by atoms with E-state index in [9.17, 15) is 13.9 Å². The largest absolute Gasteiger partial charge is 0.489 e. The maximum atomic E-state index is 17.0. The van der Waals surface area contributed by atoms with Crippen molar-refractivity contribution in [2.45, 2.75) is 68.8 Å². The highest BCUT2D eigenvalue weighted by atomic mass is 35.5. The van der Waals surface area contributed by atoms with E-state index in [0.717, 1.165) is 43.6 Å². The van der Waals surface area contributed by atoms with Crippen molar-refractivity contribution < 1.29 is 27.8 Å². The minimum atomic E-state index is -1.14. The van der Waals surface area contributed by atoms with Crippen LogP contribution in [-0.4, -0.2) is 81.2 Å². The molecule has 3 fully saturated rings. The molecule has 0 bridgehead atoms. The molecule has 2 unspecified atom stereocenters. The van der Waals surface area contributed by atoms with Gasteiger partial charge in [0.1, 0.15) is 36.5 Å². The van der Waals surface area contributed by atoms with Crippen molar-refractivity contribution in [2.75, 3.05) is 43.5 Å². The summed E-state index contributed by atoms with van der Waals surface area (Å²) in [7, 11) is 0. The second-order valence-corrected chi connectivity index (χ2v) is 14.3. The summed E-state index contributed by atoms with van der Waals surface area (Å²) < 4.78 is 59.0. The number of nitrogens with zero attached hydrogens (tertiary/aromatic N) is 5. The highest BCUT2D eigenvalue weighted by Gasteiger charge is 2.50. The van der Waals surface area contributed by atoms with Gasteiger partial charge in [0.2, 0.25) is 0 Å². The Morgan fingerprint density at radius 1 is 1.16 bits per heavy atom. The van der Waals surface area contributed by atoms with Crippen LogP contribution >= 0.6 is 22.9 Å². The molecule has 2 aromatic carbocycles. The van der Waals surface area contributed by atoms with Crippen LogP contribution in [0.1, 0.15) is 45.4 Å². The first kappa shape index (κ1) is 29.3. The van der Waals surface area contributed by atoms with Crippen LogP contribution in [0.5, 0.6) is 11.8 Å². The lowest BCUT2D eigenvalue weighted by Crippen LogP contribution is -2.53. The molecule has 14 heteroatoms. The van der Waals surface area contributed by atoms with Crippen molar-refractivity contribution in [3.8, 4) is 22.9 Å². The Morgan fingerprint density at radius 2 is 2.00 bits per heavy atom. The van der Waals surface area contributed by atoms with Gasteiger partial charge in [-0.05, 0) is 57.7 Å². The number of anilines is 2. The summed E-state index contributed by atoms with van der Waals surface area (Å²) in [5, 5.41) is 11.9. The lowest BCUT2D eigenvalue weighted by Gasteiger charge is -2.38. The van der Waals surface area contributed by atoms with E-state index in [-0.39, 0.29) is 67.4 Å². The van der Waals surface area contributed by atoms with Crippen molar-refractivity contribution in [2.24, 2.45) is 0 Å². The first-order chi connectivity index (χ1) is 21.6. The second-order valence-electron chi connectivity index (χ2n) is 12.9. The topological polar surface area (TPSA) is 110 Å². The Kier molecular flexibility index (Phi) is 6.80. The second kappa shape index (κ2) is 10.4. The first-order valence-corrected chi connectivity index (χ1v) is 16.5. The van der Waals surface area contributed by atoms with E-state index in [4.69, 9.17) is 31.8 Å². The molecule has 0 aliphatic carbocycles. The third-order valence-corrected chi connectivity index (χ3v) is 11.3. The number of hydrogen-bond donors (Lipinski definition) is 2. The third kappa shape index (κ3) is 4.52. The predicted molar refractivity (Wildman–Crippen MR) is 167 cm³/mol. The van der Waals surface area contributed by atoms with Crippen LogP contribution in [0.25, 0.3) is 32.2 Å². The fraction of sp³-hybridized carbons (Fsp3) is 0.516. The van der Waals surface area contributed by atoms with Gasteiger partial charge in [-0.2, -0.15) is 9.97 Å². The molecule has 0 radical (unpaired) electrons. The van der Waals surface area contributed by atoms with Crippen molar-refractivity contribution in [1.82, 2.24) is 19.9 Å². The molecule has 3 saturated heterocycles. The van der Waals surface area contributed by atoms with Crippen LogP contribution in [0.2, 0.25) is 5.02 Å². The summed E-state index contributed by atoms with van der Waals surface area (Å²) in [6.07, 6.45) is 3.24. The number of fused-ring (bicyclic) bond motifs is 4. The van der Waals surface area contributed by atoms with Gasteiger partial charge in [-0.25, -0.2) is 18.2 Å². The first-order valence-electron chi connectivity index (χ1n) is 15.3. The van der Waals surface area contributed by atoms with Gasteiger partial charge in [0, 0.05) is 30.6 Å². The fourth-order valence-electron chi connectivity index (χ4n) is 7.83. The van der Waals surface area contributed by atoms with Crippen LogP contribution in [0.3, 0.4) is 0 Å².